The van der Waals surface area contributed by atoms with E-state index in [0.717, 1.165) is 27.2 Å². The number of hydrogen-bond donors (Lipinski definition) is 1. The van der Waals surface area contributed by atoms with Gasteiger partial charge in [-0.2, -0.15) is 0 Å². The van der Waals surface area contributed by atoms with Gasteiger partial charge in [-0.25, -0.2) is 0 Å². The second-order valence-electron chi connectivity index (χ2n) is 4.86. The Hall–Kier alpha value is -1.03. The third kappa shape index (κ3) is 4.51. The first-order valence-corrected chi connectivity index (χ1v) is 7.63. The lowest BCUT2D eigenvalue weighted by molar-refractivity contribution is 0.304. The van der Waals surface area contributed by atoms with Gasteiger partial charge in [0.25, 0.3) is 0 Å². The van der Waals surface area contributed by atoms with E-state index in [-0.39, 0.29) is 6.04 Å². The lowest BCUT2D eigenvalue weighted by Crippen LogP contribution is -2.17. The van der Waals surface area contributed by atoms with Gasteiger partial charge in [-0.15, -0.1) is 0 Å². The first-order chi connectivity index (χ1) is 9.54. The first kappa shape index (κ1) is 15.4. The van der Waals surface area contributed by atoms with Gasteiger partial charge in [-0.1, -0.05) is 29.8 Å². The standard InChI is InChI=1S/C16H17BrClNO/c1-11(19)8-13-4-7-16(15(17)9-13)20-10-12-2-5-14(18)6-3-12/h2-7,9,11H,8,10,19H2,1H3. The second kappa shape index (κ2) is 7.11. The predicted octanol–water partition coefficient (Wildman–Crippen LogP) is 4.57. The van der Waals surface area contributed by atoms with E-state index in [1.54, 1.807) is 0 Å². The molecule has 0 heterocycles. The molecule has 0 amide bonds. The van der Waals surface area contributed by atoms with E-state index in [1.807, 2.05) is 43.3 Å². The van der Waals surface area contributed by atoms with Crippen molar-refractivity contribution in [1.82, 2.24) is 0 Å². The lowest BCUT2D eigenvalue weighted by atomic mass is 10.1. The van der Waals surface area contributed by atoms with E-state index in [9.17, 15) is 0 Å². The summed E-state index contributed by atoms with van der Waals surface area (Å²) >= 11 is 9.39. The van der Waals surface area contributed by atoms with Crippen LogP contribution in [0.1, 0.15) is 18.1 Å². The molecular weight excluding hydrogens is 338 g/mol. The Morgan fingerprint density at radius 3 is 2.40 bits per heavy atom. The van der Waals surface area contributed by atoms with Crippen molar-refractivity contribution < 1.29 is 4.74 Å². The molecule has 0 saturated carbocycles. The average Bonchev–Trinajstić information content (AvgIpc) is 2.39. The zero-order valence-corrected chi connectivity index (χ0v) is 13.6. The predicted molar refractivity (Wildman–Crippen MR) is 87.3 cm³/mol. The summed E-state index contributed by atoms with van der Waals surface area (Å²) in [6.45, 7) is 2.52. The molecular formula is C16H17BrClNO. The zero-order valence-electron chi connectivity index (χ0n) is 11.3. The molecule has 0 radical (unpaired) electrons. The van der Waals surface area contributed by atoms with Crippen molar-refractivity contribution in [2.45, 2.75) is 26.0 Å². The minimum Gasteiger partial charge on any atom is -0.488 e. The molecule has 0 saturated heterocycles. The van der Waals surface area contributed by atoms with E-state index in [1.165, 1.54) is 5.56 Å². The Kier molecular flexibility index (Phi) is 5.46. The largest absolute Gasteiger partial charge is 0.488 e. The van der Waals surface area contributed by atoms with Crippen LogP contribution in [0.15, 0.2) is 46.9 Å². The van der Waals surface area contributed by atoms with Gasteiger partial charge in [-0.05, 0) is 64.7 Å². The van der Waals surface area contributed by atoms with Crippen LogP contribution in [-0.2, 0) is 13.0 Å². The van der Waals surface area contributed by atoms with Gasteiger partial charge >= 0.3 is 0 Å². The molecule has 2 aromatic carbocycles. The molecule has 0 bridgehead atoms. The van der Waals surface area contributed by atoms with Crippen LogP contribution in [-0.4, -0.2) is 6.04 Å². The second-order valence-corrected chi connectivity index (χ2v) is 6.15. The fraction of sp³-hybridized carbons (Fsp3) is 0.250. The SMILES string of the molecule is CC(N)Cc1ccc(OCc2ccc(Cl)cc2)c(Br)c1. The Morgan fingerprint density at radius 2 is 1.80 bits per heavy atom. The topological polar surface area (TPSA) is 35.2 Å². The summed E-state index contributed by atoms with van der Waals surface area (Å²) < 4.78 is 6.75. The fourth-order valence-corrected chi connectivity index (χ4v) is 2.57. The van der Waals surface area contributed by atoms with Gasteiger partial charge < -0.3 is 10.5 Å². The molecule has 2 rings (SSSR count). The summed E-state index contributed by atoms with van der Waals surface area (Å²) in [4.78, 5) is 0. The number of nitrogens with two attached hydrogens (primary N) is 1. The summed E-state index contributed by atoms with van der Waals surface area (Å²) in [5.41, 5.74) is 8.09. The number of hydrogen-bond acceptors (Lipinski definition) is 2. The maximum atomic E-state index is 5.85. The van der Waals surface area contributed by atoms with Crippen LogP contribution in [0.5, 0.6) is 5.75 Å². The minimum absolute atomic E-state index is 0.155. The van der Waals surface area contributed by atoms with Crippen LogP contribution in [0.25, 0.3) is 0 Å². The van der Waals surface area contributed by atoms with Crippen LogP contribution in [0.3, 0.4) is 0 Å². The van der Waals surface area contributed by atoms with E-state index < -0.39 is 0 Å². The summed E-state index contributed by atoms with van der Waals surface area (Å²) in [6, 6.07) is 13.9. The molecule has 0 spiro atoms. The smallest absolute Gasteiger partial charge is 0.134 e. The number of benzene rings is 2. The molecule has 2 aromatic rings. The number of halogens is 2. The summed E-state index contributed by atoms with van der Waals surface area (Å²) in [5.74, 6) is 0.827. The van der Waals surface area contributed by atoms with E-state index in [2.05, 4.69) is 22.0 Å². The number of ether oxygens (including phenoxy) is 1. The molecule has 2 nitrogen and oxygen atoms in total. The Balaban J connectivity index is 2.01. The molecule has 0 aliphatic carbocycles. The Morgan fingerprint density at radius 1 is 1.15 bits per heavy atom. The molecule has 2 N–H and O–H groups in total. The highest BCUT2D eigenvalue weighted by atomic mass is 79.9. The first-order valence-electron chi connectivity index (χ1n) is 6.46. The van der Waals surface area contributed by atoms with Crippen molar-refractivity contribution in [3.05, 3.63) is 63.1 Å². The molecule has 20 heavy (non-hydrogen) atoms. The lowest BCUT2D eigenvalue weighted by Gasteiger charge is -2.11. The average molecular weight is 355 g/mol. The monoisotopic (exact) mass is 353 g/mol. The molecule has 0 aliphatic heterocycles. The van der Waals surface area contributed by atoms with Crippen molar-refractivity contribution in [2.24, 2.45) is 5.73 Å². The summed E-state index contributed by atoms with van der Waals surface area (Å²) in [6.07, 6.45) is 0.857. The molecule has 4 heteroatoms. The third-order valence-corrected chi connectivity index (χ3v) is 3.73. The maximum Gasteiger partial charge on any atom is 0.134 e. The Bertz CT molecular complexity index is 569. The van der Waals surface area contributed by atoms with Gasteiger partial charge in [0.2, 0.25) is 0 Å². The number of rotatable bonds is 5. The molecule has 0 aromatic heterocycles. The Labute approximate surface area is 133 Å². The molecule has 106 valence electrons. The fourth-order valence-electron chi connectivity index (χ4n) is 1.90. The molecule has 0 aliphatic rings. The van der Waals surface area contributed by atoms with Crippen molar-refractivity contribution in [3.63, 3.8) is 0 Å². The highest BCUT2D eigenvalue weighted by molar-refractivity contribution is 9.10. The van der Waals surface area contributed by atoms with Crippen molar-refractivity contribution in [1.29, 1.82) is 0 Å². The van der Waals surface area contributed by atoms with Gasteiger partial charge in [0.1, 0.15) is 12.4 Å². The van der Waals surface area contributed by atoms with E-state index >= 15 is 0 Å². The van der Waals surface area contributed by atoms with E-state index in [0.29, 0.717) is 6.61 Å². The van der Waals surface area contributed by atoms with Gasteiger partial charge in [0.05, 0.1) is 4.47 Å². The minimum atomic E-state index is 0.155. The van der Waals surface area contributed by atoms with Gasteiger partial charge in [-0.3, -0.25) is 0 Å². The highest BCUT2D eigenvalue weighted by Crippen LogP contribution is 2.27. The third-order valence-electron chi connectivity index (χ3n) is 2.86. The molecule has 1 atom stereocenters. The van der Waals surface area contributed by atoms with Crippen LogP contribution < -0.4 is 10.5 Å². The van der Waals surface area contributed by atoms with Gasteiger partial charge in [0, 0.05) is 11.1 Å². The van der Waals surface area contributed by atoms with Gasteiger partial charge in [0.15, 0.2) is 0 Å². The maximum absolute atomic E-state index is 5.85. The normalized spacial score (nSPS) is 12.2. The van der Waals surface area contributed by atoms with Crippen molar-refractivity contribution >= 4 is 27.5 Å². The van der Waals surface area contributed by atoms with Crippen molar-refractivity contribution in [3.8, 4) is 5.75 Å². The van der Waals surface area contributed by atoms with Crippen LogP contribution in [0.2, 0.25) is 5.02 Å². The quantitative estimate of drug-likeness (QED) is 0.853. The van der Waals surface area contributed by atoms with Crippen LogP contribution in [0.4, 0.5) is 0 Å². The zero-order chi connectivity index (χ0) is 14.5. The molecule has 1 unspecified atom stereocenters. The van der Waals surface area contributed by atoms with Crippen LogP contribution in [0, 0.1) is 0 Å². The van der Waals surface area contributed by atoms with Crippen molar-refractivity contribution in [2.75, 3.05) is 0 Å². The molecule has 0 fully saturated rings. The summed E-state index contributed by atoms with van der Waals surface area (Å²) in [5, 5.41) is 0.732. The summed E-state index contributed by atoms with van der Waals surface area (Å²) in [7, 11) is 0. The highest BCUT2D eigenvalue weighted by Gasteiger charge is 2.05. The van der Waals surface area contributed by atoms with Crippen LogP contribution >= 0.6 is 27.5 Å². The van der Waals surface area contributed by atoms with E-state index in [4.69, 9.17) is 22.1 Å².